The number of nitrogens with zero attached hydrogens (tertiary/aromatic N) is 1. The lowest BCUT2D eigenvalue weighted by Gasteiger charge is -2.08. The largest absolute Gasteiger partial charge is 0.482 e. The lowest BCUT2D eigenvalue weighted by atomic mass is 10.1. The SMILES string of the molecule is O=C(/C=C/c1ccccc1[N+](=O)[O-])NNC(=O)COc1ccccc1Cl. The summed E-state index contributed by atoms with van der Waals surface area (Å²) in [7, 11) is 0. The van der Waals surface area contributed by atoms with Crippen LogP contribution in [0.1, 0.15) is 5.56 Å². The van der Waals surface area contributed by atoms with E-state index >= 15 is 0 Å². The number of para-hydroxylation sites is 2. The second kappa shape index (κ2) is 9.19. The first kappa shape index (κ1) is 18.9. The summed E-state index contributed by atoms with van der Waals surface area (Å²) in [4.78, 5) is 33.7. The van der Waals surface area contributed by atoms with E-state index in [1.165, 1.54) is 24.3 Å². The molecule has 2 amide bonds. The van der Waals surface area contributed by atoms with Gasteiger partial charge in [0.25, 0.3) is 17.5 Å². The minimum absolute atomic E-state index is 0.131. The predicted octanol–water partition coefficient (Wildman–Crippen LogP) is 2.49. The molecule has 0 aliphatic heterocycles. The highest BCUT2D eigenvalue weighted by molar-refractivity contribution is 6.32. The Morgan fingerprint density at radius 3 is 2.54 bits per heavy atom. The van der Waals surface area contributed by atoms with E-state index in [-0.39, 0.29) is 17.9 Å². The number of carbonyl (C=O) groups is 2. The molecular weight excluding hydrogens is 362 g/mol. The third kappa shape index (κ3) is 5.60. The van der Waals surface area contributed by atoms with Crippen molar-refractivity contribution in [3.63, 3.8) is 0 Å². The van der Waals surface area contributed by atoms with E-state index in [2.05, 4.69) is 10.9 Å². The quantitative estimate of drug-likeness (QED) is 0.458. The maximum Gasteiger partial charge on any atom is 0.276 e. The Morgan fingerprint density at radius 2 is 1.81 bits per heavy atom. The average Bonchev–Trinajstić information content (AvgIpc) is 2.64. The van der Waals surface area contributed by atoms with Gasteiger partial charge in [0.2, 0.25) is 0 Å². The Kier molecular flexibility index (Phi) is 6.69. The number of hydrogen-bond acceptors (Lipinski definition) is 5. The summed E-state index contributed by atoms with van der Waals surface area (Å²) in [5.74, 6) is -0.918. The maximum absolute atomic E-state index is 11.7. The number of hydrazine groups is 1. The molecule has 0 unspecified atom stereocenters. The zero-order chi connectivity index (χ0) is 18.9. The number of carbonyl (C=O) groups excluding carboxylic acids is 2. The molecular formula is C17H14ClN3O5. The topological polar surface area (TPSA) is 111 Å². The van der Waals surface area contributed by atoms with Gasteiger partial charge in [0.15, 0.2) is 6.61 Å². The van der Waals surface area contributed by atoms with Crippen LogP contribution in [0.3, 0.4) is 0 Å². The van der Waals surface area contributed by atoms with Gasteiger partial charge in [0.1, 0.15) is 5.75 Å². The Hall–Kier alpha value is -3.39. The summed E-state index contributed by atoms with van der Waals surface area (Å²) in [6.07, 6.45) is 2.34. The van der Waals surface area contributed by atoms with Gasteiger partial charge in [-0.1, -0.05) is 35.9 Å². The molecule has 9 heteroatoms. The predicted molar refractivity (Wildman–Crippen MR) is 95.4 cm³/mol. The van der Waals surface area contributed by atoms with Gasteiger partial charge in [-0.15, -0.1) is 0 Å². The first-order chi connectivity index (χ1) is 12.5. The van der Waals surface area contributed by atoms with Gasteiger partial charge in [-0.05, 0) is 24.3 Å². The molecule has 8 nitrogen and oxygen atoms in total. The van der Waals surface area contributed by atoms with E-state index in [9.17, 15) is 19.7 Å². The van der Waals surface area contributed by atoms with Crippen LogP contribution >= 0.6 is 11.6 Å². The van der Waals surface area contributed by atoms with Crippen LogP contribution in [-0.4, -0.2) is 23.3 Å². The van der Waals surface area contributed by atoms with Gasteiger partial charge in [0, 0.05) is 12.1 Å². The van der Waals surface area contributed by atoms with E-state index in [4.69, 9.17) is 16.3 Å². The molecule has 0 aromatic heterocycles. The fourth-order valence-electron chi connectivity index (χ4n) is 1.87. The molecule has 2 aromatic rings. The molecule has 0 radical (unpaired) electrons. The van der Waals surface area contributed by atoms with Crippen molar-refractivity contribution in [3.05, 3.63) is 75.3 Å². The highest BCUT2D eigenvalue weighted by atomic mass is 35.5. The smallest absolute Gasteiger partial charge is 0.276 e. The number of hydrogen-bond donors (Lipinski definition) is 2. The van der Waals surface area contributed by atoms with Crippen LogP contribution in [0.5, 0.6) is 5.75 Å². The zero-order valence-electron chi connectivity index (χ0n) is 13.3. The van der Waals surface area contributed by atoms with Crippen LogP contribution in [-0.2, 0) is 9.59 Å². The van der Waals surface area contributed by atoms with Crippen LogP contribution in [0.15, 0.2) is 54.6 Å². The van der Waals surface area contributed by atoms with Crippen molar-refractivity contribution in [3.8, 4) is 5.75 Å². The van der Waals surface area contributed by atoms with Crippen LogP contribution in [0, 0.1) is 10.1 Å². The first-order valence-electron chi connectivity index (χ1n) is 7.35. The number of benzene rings is 2. The summed E-state index contributed by atoms with van der Waals surface area (Å²) < 4.78 is 5.21. The second-order valence-corrected chi connectivity index (χ2v) is 5.31. The number of nitrogens with one attached hydrogen (secondary N) is 2. The van der Waals surface area contributed by atoms with E-state index in [1.807, 2.05) is 0 Å². The molecule has 0 spiro atoms. The molecule has 0 bridgehead atoms. The third-order valence-corrected chi connectivity index (χ3v) is 3.38. The van der Waals surface area contributed by atoms with E-state index < -0.39 is 16.7 Å². The van der Waals surface area contributed by atoms with Gasteiger partial charge >= 0.3 is 0 Å². The van der Waals surface area contributed by atoms with Crippen molar-refractivity contribution in [1.82, 2.24) is 10.9 Å². The van der Waals surface area contributed by atoms with Gasteiger partial charge in [-0.3, -0.25) is 30.6 Å². The fraction of sp³-hybridized carbons (Fsp3) is 0.0588. The first-order valence-corrected chi connectivity index (χ1v) is 7.73. The van der Waals surface area contributed by atoms with Crippen LogP contribution in [0.2, 0.25) is 5.02 Å². The standard InChI is InChI=1S/C17H14ClN3O5/c18-13-6-2-4-8-15(13)26-11-17(23)20-19-16(22)10-9-12-5-1-3-7-14(12)21(24)25/h1-10H,11H2,(H,19,22)(H,20,23)/b10-9+. The molecule has 0 fully saturated rings. The Morgan fingerprint density at radius 1 is 1.12 bits per heavy atom. The van der Waals surface area contributed by atoms with Gasteiger partial charge < -0.3 is 4.74 Å². The van der Waals surface area contributed by atoms with E-state index in [0.717, 1.165) is 6.08 Å². The highest BCUT2D eigenvalue weighted by Gasteiger charge is 2.10. The number of nitro groups is 1. The van der Waals surface area contributed by atoms with Crippen molar-refractivity contribution in [2.45, 2.75) is 0 Å². The van der Waals surface area contributed by atoms with Crippen LogP contribution in [0.25, 0.3) is 6.08 Å². The monoisotopic (exact) mass is 375 g/mol. The number of rotatable bonds is 6. The van der Waals surface area contributed by atoms with E-state index in [0.29, 0.717) is 10.8 Å². The molecule has 0 heterocycles. The number of nitro benzene ring substituents is 1. The minimum atomic E-state index is -0.658. The molecule has 26 heavy (non-hydrogen) atoms. The third-order valence-electron chi connectivity index (χ3n) is 3.07. The Balaban J connectivity index is 1.82. The molecule has 0 saturated heterocycles. The molecule has 2 aromatic carbocycles. The van der Waals surface area contributed by atoms with Gasteiger partial charge in [-0.2, -0.15) is 0 Å². The summed E-state index contributed by atoms with van der Waals surface area (Å²) in [5.41, 5.74) is 4.43. The van der Waals surface area contributed by atoms with Gasteiger partial charge in [0.05, 0.1) is 15.5 Å². The molecule has 2 N–H and O–H groups in total. The normalized spacial score (nSPS) is 10.3. The second-order valence-electron chi connectivity index (χ2n) is 4.91. The van der Waals surface area contributed by atoms with E-state index in [1.54, 1.807) is 30.3 Å². The van der Waals surface area contributed by atoms with Crippen LogP contribution < -0.4 is 15.6 Å². The summed E-state index contributed by atoms with van der Waals surface area (Å²) >= 11 is 5.89. The van der Waals surface area contributed by atoms with Gasteiger partial charge in [-0.25, -0.2) is 0 Å². The number of ether oxygens (including phenoxy) is 1. The Labute approximate surface area is 153 Å². The molecule has 134 valence electrons. The van der Waals surface area contributed by atoms with Crippen molar-refractivity contribution < 1.29 is 19.2 Å². The Bertz CT molecular complexity index is 854. The maximum atomic E-state index is 11.7. The van der Waals surface area contributed by atoms with Crippen molar-refractivity contribution in [1.29, 1.82) is 0 Å². The number of halogens is 1. The lowest BCUT2D eigenvalue weighted by Crippen LogP contribution is -2.43. The highest BCUT2D eigenvalue weighted by Crippen LogP contribution is 2.22. The van der Waals surface area contributed by atoms with Crippen molar-refractivity contribution in [2.75, 3.05) is 6.61 Å². The fourth-order valence-corrected chi connectivity index (χ4v) is 2.06. The molecule has 2 rings (SSSR count). The van der Waals surface area contributed by atoms with Crippen molar-refractivity contribution >= 4 is 35.2 Å². The molecule has 0 aliphatic rings. The van der Waals surface area contributed by atoms with Crippen LogP contribution in [0.4, 0.5) is 5.69 Å². The zero-order valence-corrected chi connectivity index (χ0v) is 14.1. The summed E-state index contributed by atoms with van der Waals surface area (Å²) in [6, 6.07) is 12.6. The molecule has 0 aliphatic carbocycles. The summed E-state index contributed by atoms with van der Waals surface area (Å²) in [6.45, 7) is -0.349. The minimum Gasteiger partial charge on any atom is -0.482 e. The lowest BCUT2D eigenvalue weighted by molar-refractivity contribution is -0.385. The average molecular weight is 376 g/mol. The van der Waals surface area contributed by atoms with Crippen molar-refractivity contribution in [2.24, 2.45) is 0 Å². The number of amides is 2. The summed E-state index contributed by atoms with van der Waals surface area (Å²) in [5, 5.41) is 11.2. The molecule has 0 atom stereocenters. The molecule has 0 saturated carbocycles.